The predicted octanol–water partition coefficient (Wildman–Crippen LogP) is 1.30. The molecule has 0 aliphatic heterocycles. The van der Waals surface area contributed by atoms with Crippen LogP contribution in [0.4, 0.5) is 0 Å². The molecule has 1 aromatic heterocycles. The zero-order valence-electron chi connectivity index (χ0n) is 9.22. The summed E-state index contributed by atoms with van der Waals surface area (Å²) in [5, 5.41) is 0. The van der Waals surface area contributed by atoms with Crippen LogP contribution in [0, 0.1) is 0 Å². The van der Waals surface area contributed by atoms with E-state index in [0.717, 1.165) is 31.5 Å². The molecule has 2 unspecified atom stereocenters. The average Bonchev–Trinajstić information content (AvgIpc) is 2.83. The van der Waals surface area contributed by atoms with Crippen molar-refractivity contribution in [2.75, 3.05) is 0 Å². The van der Waals surface area contributed by atoms with Gasteiger partial charge in [0, 0.05) is 12.6 Å². The summed E-state index contributed by atoms with van der Waals surface area (Å²) in [6.45, 7) is 3.71. The standard InChI is InChI=1S/C11H19N3O/c1-2-14-8-13-6-10(14)7-15-11-4-3-9(12)5-11/h6,8-9,11H,2-5,7,12H2,1H3. The van der Waals surface area contributed by atoms with Crippen molar-refractivity contribution in [3.05, 3.63) is 18.2 Å². The Morgan fingerprint density at radius 3 is 3.13 bits per heavy atom. The third kappa shape index (κ3) is 2.58. The van der Waals surface area contributed by atoms with Crippen molar-refractivity contribution in [2.45, 2.75) is 51.5 Å². The lowest BCUT2D eigenvalue weighted by Gasteiger charge is -2.12. The van der Waals surface area contributed by atoms with Crippen LogP contribution in [0.2, 0.25) is 0 Å². The molecule has 0 saturated heterocycles. The Morgan fingerprint density at radius 1 is 1.60 bits per heavy atom. The van der Waals surface area contributed by atoms with Gasteiger partial charge in [-0.2, -0.15) is 0 Å². The highest BCUT2D eigenvalue weighted by molar-refractivity contribution is 4.96. The second kappa shape index (κ2) is 4.77. The van der Waals surface area contributed by atoms with Gasteiger partial charge in [-0.25, -0.2) is 4.98 Å². The van der Waals surface area contributed by atoms with Crippen LogP contribution in [0.3, 0.4) is 0 Å². The van der Waals surface area contributed by atoms with Gasteiger partial charge in [0.25, 0.3) is 0 Å². The molecule has 1 aliphatic rings. The summed E-state index contributed by atoms with van der Waals surface area (Å²) >= 11 is 0. The topological polar surface area (TPSA) is 53.1 Å². The van der Waals surface area contributed by atoms with E-state index in [0.29, 0.717) is 18.8 Å². The highest BCUT2D eigenvalue weighted by Crippen LogP contribution is 2.21. The number of imidazole rings is 1. The lowest BCUT2D eigenvalue weighted by atomic mass is 10.3. The lowest BCUT2D eigenvalue weighted by Crippen LogP contribution is -2.17. The van der Waals surface area contributed by atoms with Crippen molar-refractivity contribution in [2.24, 2.45) is 5.73 Å². The molecule has 1 aromatic rings. The maximum atomic E-state index is 5.83. The number of nitrogens with zero attached hydrogens (tertiary/aromatic N) is 2. The van der Waals surface area contributed by atoms with E-state index >= 15 is 0 Å². The van der Waals surface area contributed by atoms with Gasteiger partial charge in [-0.1, -0.05) is 0 Å². The quantitative estimate of drug-likeness (QED) is 0.813. The van der Waals surface area contributed by atoms with E-state index in [9.17, 15) is 0 Å². The zero-order chi connectivity index (χ0) is 10.7. The van der Waals surface area contributed by atoms with Crippen molar-refractivity contribution in [3.63, 3.8) is 0 Å². The van der Waals surface area contributed by atoms with Crippen LogP contribution in [0.1, 0.15) is 31.9 Å². The predicted molar refractivity (Wildman–Crippen MR) is 58.3 cm³/mol. The number of hydrogen-bond donors (Lipinski definition) is 1. The first-order chi connectivity index (χ1) is 7.29. The molecule has 84 valence electrons. The summed E-state index contributed by atoms with van der Waals surface area (Å²) in [5.74, 6) is 0. The monoisotopic (exact) mass is 209 g/mol. The molecule has 0 aromatic carbocycles. The van der Waals surface area contributed by atoms with E-state index in [-0.39, 0.29) is 0 Å². The summed E-state index contributed by atoms with van der Waals surface area (Å²) in [6, 6.07) is 0.339. The Morgan fingerprint density at radius 2 is 2.47 bits per heavy atom. The third-order valence-electron chi connectivity index (χ3n) is 3.03. The van der Waals surface area contributed by atoms with E-state index in [1.165, 1.54) is 0 Å². The van der Waals surface area contributed by atoms with Crippen molar-refractivity contribution >= 4 is 0 Å². The first-order valence-electron chi connectivity index (χ1n) is 5.65. The minimum Gasteiger partial charge on any atom is -0.372 e. The molecule has 0 radical (unpaired) electrons. The number of aromatic nitrogens is 2. The molecule has 1 heterocycles. The van der Waals surface area contributed by atoms with Crippen LogP contribution in [0.5, 0.6) is 0 Å². The Bertz CT molecular complexity index is 311. The number of aryl methyl sites for hydroxylation is 1. The van der Waals surface area contributed by atoms with Gasteiger partial charge in [0.1, 0.15) is 0 Å². The highest BCUT2D eigenvalue weighted by atomic mass is 16.5. The highest BCUT2D eigenvalue weighted by Gasteiger charge is 2.22. The molecular weight excluding hydrogens is 190 g/mol. The van der Waals surface area contributed by atoms with Crippen molar-refractivity contribution in [3.8, 4) is 0 Å². The molecule has 4 heteroatoms. The van der Waals surface area contributed by atoms with Crippen molar-refractivity contribution in [1.29, 1.82) is 0 Å². The first-order valence-corrected chi connectivity index (χ1v) is 5.65. The van der Waals surface area contributed by atoms with Gasteiger partial charge in [-0.3, -0.25) is 0 Å². The second-order valence-corrected chi connectivity index (χ2v) is 4.18. The Hall–Kier alpha value is -0.870. The SMILES string of the molecule is CCn1cncc1COC1CCC(N)C1. The molecule has 0 amide bonds. The maximum absolute atomic E-state index is 5.83. The number of nitrogens with two attached hydrogens (primary N) is 1. The van der Waals surface area contributed by atoms with Gasteiger partial charge in [0.2, 0.25) is 0 Å². The average molecular weight is 209 g/mol. The summed E-state index contributed by atoms with van der Waals surface area (Å²) in [7, 11) is 0. The Balaban J connectivity index is 1.83. The fraction of sp³-hybridized carbons (Fsp3) is 0.727. The number of ether oxygens (including phenoxy) is 1. The smallest absolute Gasteiger partial charge is 0.0948 e. The molecular formula is C11H19N3O. The lowest BCUT2D eigenvalue weighted by molar-refractivity contribution is 0.0414. The zero-order valence-corrected chi connectivity index (χ0v) is 9.22. The van der Waals surface area contributed by atoms with Crippen LogP contribution < -0.4 is 5.73 Å². The minimum atomic E-state index is 0.339. The van der Waals surface area contributed by atoms with Crippen LogP contribution in [-0.2, 0) is 17.9 Å². The van der Waals surface area contributed by atoms with E-state index in [1.54, 1.807) is 0 Å². The normalized spacial score (nSPS) is 26.0. The van der Waals surface area contributed by atoms with E-state index < -0.39 is 0 Å². The maximum Gasteiger partial charge on any atom is 0.0948 e. The van der Waals surface area contributed by atoms with Crippen LogP contribution in [0.25, 0.3) is 0 Å². The van der Waals surface area contributed by atoms with Gasteiger partial charge in [0.15, 0.2) is 0 Å². The van der Waals surface area contributed by atoms with E-state index in [2.05, 4.69) is 16.5 Å². The molecule has 1 fully saturated rings. The third-order valence-corrected chi connectivity index (χ3v) is 3.03. The minimum absolute atomic E-state index is 0.339. The van der Waals surface area contributed by atoms with Gasteiger partial charge in [-0.05, 0) is 26.2 Å². The van der Waals surface area contributed by atoms with Gasteiger partial charge < -0.3 is 15.0 Å². The van der Waals surface area contributed by atoms with E-state index in [4.69, 9.17) is 10.5 Å². The summed E-state index contributed by atoms with van der Waals surface area (Å²) < 4.78 is 7.93. The molecule has 1 saturated carbocycles. The molecule has 15 heavy (non-hydrogen) atoms. The molecule has 2 N–H and O–H groups in total. The van der Waals surface area contributed by atoms with Crippen molar-refractivity contribution in [1.82, 2.24) is 9.55 Å². The fourth-order valence-corrected chi connectivity index (χ4v) is 2.08. The van der Waals surface area contributed by atoms with Gasteiger partial charge in [0.05, 0.1) is 30.9 Å². The summed E-state index contributed by atoms with van der Waals surface area (Å²) in [4.78, 5) is 4.11. The summed E-state index contributed by atoms with van der Waals surface area (Å²) in [5.41, 5.74) is 6.98. The van der Waals surface area contributed by atoms with Crippen LogP contribution >= 0.6 is 0 Å². The molecule has 4 nitrogen and oxygen atoms in total. The molecule has 2 atom stereocenters. The Kier molecular flexibility index (Phi) is 3.38. The second-order valence-electron chi connectivity index (χ2n) is 4.18. The molecule has 0 bridgehead atoms. The molecule has 1 aliphatic carbocycles. The molecule has 0 spiro atoms. The van der Waals surface area contributed by atoms with Crippen LogP contribution in [-0.4, -0.2) is 21.7 Å². The summed E-state index contributed by atoms with van der Waals surface area (Å²) in [6.07, 6.45) is 7.26. The fourth-order valence-electron chi connectivity index (χ4n) is 2.08. The first kappa shape index (κ1) is 10.6. The van der Waals surface area contributed by atoms with Crippen molar-refractivity contribution < 1.29 is 4.74 Å². The largest absolute Gasteiger partial charge is 0.372 e. The number of hydrogen-bond acceptors (Lipinski definition) is 3. The van der Waals surface area contributed by atoms with E-state index in [1.807, 2.05) is 12.5 Å². The Labute approximate surface area is 90.4 Å². The van der Waals surface area contributed by atoms with Gasteiger partial charge in [-0.15, -0.1) is 0 Å². The van der Waals surface area contributed by atoms with Crippen LogP contribution in [0.15, 0.2) is 12.5 Å². The molecule has 2 rings (SSSR count). The number of rotatable bonds is 4. The van der Waals surface area contributed by atoms with Gasteiger partial charge >= 0.3 is 0 Å².